The van der Waals surface area contributed by atoms with E-state index in [1.165, 1.54) is 6.42 Å². The fraction of sp³-hybridized carbons (Fsp3) is 0.385. The van der Waals surface area contributed by atoms with E-state index in [1.807, 2.05) is 44.2 Å². The first kappa shape index (κ1) is 22.7. The van der Waals surface area contributed by atoms with Crippen molar-refractivity contribution in [2.24, 2.45) is 0 Å². The van der Waals surface area contributed by atoms with E-state index in [9.17, 15) is 9.90 Å². The summed E-state index contributed by atoms with van der Waals surface area (Å²) in [6, 6.07) is 9.20. The Kier molecular flexibility index (Phi) is 6.58. The van der Waals surface area contributed by atoms with E-state index in [0.29, 0.717) is 23.0 Å². The number of anilines is 1. The molecule has 1 amide bonds. The van der Waals surface area contributed by atoms with Gasteiger partial charge in [-0.1, -0.05) is 19.3 Å². The molecule has 1 aromatic heterocycles. The lowest BCUT2D eigenvalue weighted by Crippen LogP contribution is -2.41. The number of pyridine rings is 1. The highest BCUT2D eigenvalue weighted by molar-refractivity contribution is 5.89. The molecule has 0 radical (unpaired) electrons. The molecule has 0 bridgehead atoms. The van der Waals surface area contributed by atoms with Crippen LogP contribution in [0, 0.1) is 13.8 Å². The van der Waals surface area contributed by atoms with Gasteiger partial charge in [-0.2, -0.15) is 0 Å². The number of aromatic nitrogens is 1. The first-order valence-corrected chi connectivity index (χ1v) is 11.3. The molecule has 2 aromatic carbocycles. The van der Waals surface area contributed by atoms with E-state index >= 15 is 0 Å². The average Bonchev–Trinajstić information content (AvgIpc) is 2.83. The lowest BCUT2D eigenvalue weighted by atomic mass is 9.93. The minimum Gasteiger partial charge on any atom is -0.493 e. The zero-order valence-electron chi connectivity index (χ0n) is 19.6. The molecule has 174 valence electrons. The van der Waals surface area contributed by atoms with Gasteiger partial charge in [0.05, 0.1) is 25.4 Å². The van der Waals surface area contributed by atoms with Crippen LogP contribution in [0.3, 0.4) is 0 Å². The molecule has 1 fully saturated rings. The van der Waals surface area contributed by atoms with Gasteiger partial charge >= 0.3 is 6.09 Å². The Balaban J connectivity index is 1.71. The molecule has 1 aliphatic carbocycles. The van der Waals surface area contributed by atoms with Crippen molar-refractivity contribution in [2.75, 3.05) is 19.1 Å². The molecule has 7 nitrogen and oxygen atoms in total. The predicted octanol–water partition coefficient (Wildman–Crippen LogP) is 6.48. The first-order chi connectivity index (χ1) is 15.9. The average molecular weight is 451 g/mol. The third-order valence-corrected chi connectivity index (χ3v) is 6.54. The van der Waals surface area contributed by atoms with Crippen molar-refractivity contribution in [1.29, 1.82) is 0 Å². The summed E-state index contributed by atoms with van der Waals surface area (Å²) in [4.78, 5) is 18.1. The van der Waals surface area contributed by atoms with Gasteiger partial charge in [-0.05, 0) is 62.1 Å². The summed E-state index contributed by atoms with van der Waals surface area (Å²) in [6.45, 7) is 3.91. The second-order valence-corrected chi connectivity index (χ2v) is 8.41. The number of methoxy groups -OCH3 is 2. The van der Waals surface area contributed by atoms with Crippen LogP contribution in [0.2, 0.25) is 0 Å². The molecular weight excluding hydrogens is 420 g/mol. The van der Waals surface area contributed by atoms with Crippen LogP contribution in [-0.4, -0.2) is 36.4 Å². The van der Waals surface area contributed by atoms with Gasteiger partial charge in [0.2, 0.25) is 0 Å². The number of ether oxygens (including phenoxy) is 3. The van der Waals surface area contributed by atoms with Crippen LogP contribution in [0.4, 0.5) is 10.5 Å². The summed E-state index contributed by atoms with van der Waals surface area (Å²) in [5.41, 5.74) is 3.26. The van der Waals surface area contributed by atoms with Crippen molar-refractivity contribution in [3.05, 3.63) is 47.7 Å². The van der Waals surface area contributed by atoms with E-state index < -0.39 is 6.09 Å². The second-order valence-electron chi connectivity index (χ2n) is 8.41. The Morgan fingerprint density at radius 3 is 2.30 bits per heavy atom. The van der Waals surface area contributed by atoms with Gasteiger partial charge in [0.15, 0.2) is 11.5 Å². The molecule has 0 unspecified atom stereocenters. The van der Waals surface area contributed by atoms with Crippen LogP contribution in [0.5, 0.6) is 23.0 Å². The SMILES string of the molecule is COc1cc2nccc(Oc3ccc(N(C(=O)O)C4CCCCC4)c(C)c3C)c2cc1OC. The lowest BCUT2D eigenvalue weighted by Gasteiger charge is -2.33. The Morgan fingerprint density at radius 1 is 0.939 bits per heavy atom. The quantitative estimate of drug-likeness (QED) is 0.463. The number of benzene rings is 2. The Labute approximate surface area is 193 Å². The first-order valence-electron chi connectivity index (χ1n) is 11.3. The molecule has 1 heterocycles. The van der Waals surface area contributed by atoms with Gasteiger partial charge in [-0.25, -0.2) is 4.79 Å². The van der Waals surface area contributed by atoms with E-state index in [0.717, 1.165) is 53.4 Å². The minimum atomic E-state index is -0.903. The third kappa shape index (κ3) is 4.40. The van der Waals surface area contributed by atoms with Gasteiger partial charge in [0.1, 0.15) is 11.5 Å². The van der Waals surface area contributed by atoms with Gasteiger partial charge < -0.3 is 19.3 Å². The van der Waals surface area contributed by atoms with Crippen LogP contribution < -0.4 is 19.1 Å². The maximum absolute atomic E-state index is 12.2. The Bertz CT molecular complexity index is 1170. The number of nitrogens with zero attached hydrogens (tertiary/aromatic N) is 2. The summed E-state index contributed by atoms with van der Waals surface area (Å²) < 4.78 is 17.1. The van der Waals surface area contributed by atoms with Gasteiger partial charge in [0, 0.05) is 23.7 Å². The zero-order chi connectivity index (χ0) is 23.5. The van der Waals surface area contributed by atoms with Crippen molar-refractivity contribution in [3.63, 3.8) is 0 Å². The fourth-order valence-electron chi connectivity index (χ4n) is 4.60. The predicted molar refractivity (Wildman–Crippen MR) is 128 cm³/mol. The number of carbonyl (C=O) groups is 1. The lowest BCUT2D eigenvalue weighted by molar-refractivity contribution is 0.196. The molecular formula is C26H30N2O5. The van der Waals surface area contributed by atoms with Crippen molar-refractivity contribution in [2.45, 2.75) is 52.0 Å². The van der Waals surface area contributed by atoms with Crippen molar-refractivity contribution >= 4 is 22.7 Å². The highest BCUT2D eigenvalue weighted by atomic mass is 16.5. The number of hydrogen-bond donors (Lipinski definition) is 1. The molecule has 1 N–H and O–H groups in total. The van der Waals surface area contributed by atoms with E-state index in [4.69, 9.17) is 14.2 Å². The summed E-state index contributed by atoms with van der Waals surface area (Å²) in [5, 5.41) is 10.8. The molecule has 4 rings (SSSR count). The number of rotatable bonds is 6. The van der Waals surface area contributed by atoms with E-state index in [1.54, 1.807) is 25.3 Å². The highest BCUT2D eigenvalue weighted by Crippen LogP contribution is 2.39. The van der Waals surface area contributed by atoms with Crippen LogP contribution in [0.1, 0.15) is 43.2 Å². The van der Waals surface area contributed by atoms with E-state index in [-0.39, 0.29) is 6.04 Å². The second kappa shape index (κ2) is 9.57. The molecule has 0 atom stereocenters. The maximum Gasteiger partial charge on any atom is 0.412 e. The van der Waals surface area contributed by atoms with Gasteiger partial charge in [0.25, 0.3) is 0 Å². The van der Waals surface area contributed by atoms with Crippen LogP contribution in [-0.2, 0) is 0 Å². The zero-order valence-corrected chi connectivity index (χ0v) is 19.6. The van der Waals surface area contributed by atoms with E-state index in [2.05, 4.69) is 4.98 Å². The van der Waals surface area contributed by atoms with Crippen LogP contribution in [0.15, 0.2) is 36.5 Å². The topological polar surface area (TPSA) is 81.1 Å². The smallest absolute Gasteiger partial charge is 0.412 e. The fourth-order valence-corrected chi connectivity index (χ4v) is 4.60. The number of hydrogen-bond acceptors (Lipinski definition) is 5. The standard InChI is InChI=1S/C26H30N2O5/c1-16-17(2)22(11-10-21(16)28(26(29)30)18-8-6-5-7-9-18)33-23-12-13-27-20-15-25(32-4)24(31-3)14-19(20)23/h10-15,18H,5-9H2,1-4H3,(H,29,30). The summed E-state index contributed by atoms with van der Waals surface area (Å²) in [6.07, 6.45) is 5.89. The molecule has 1 aliphatic rings. The Morgan fingerprint density at radius 2 is 1.64 bits per heavy atom. The number of amides is 1. The molecule has 0 saturated heterocycles. The minimum absolute atomic E-state index is 0.0210. The van der Waals surface area contributed by atoms with Crippen molar-refractivity contribution in [3.8, 4) is 23.0 Å². The van der Waals surface area contributed by atoms with Gasteiger partial charge in [-0.15, -0.1) is 0 Å². The normalized spacial score (nSPS) is 14.2. The molecule has 7 heteroatoms. The molecule has 0 aliphatic heterocycles. The number of carboxylic acid groups (broad SMARTS) is 1. The summed E-state index contributed by atoms with van der Waals surface area (Å²) in [5.74, 6) is 2.50. The summed E-state index contributed by atoms with van der Waals surface area (Å²) in [7, 11) is 3.18. The molecule has 33 heavy (non-hydrogen) atoms. The summed E-state index contributed by atoms with van der Waals surface area (Å²) >= 11 is 0. The van der Waals surface area contributed by atoms with Crippen LogP contribution in [0.25, 0.3) is 10.9 Å². The molecule has 0 spiro atoms. The maximum atomic E-state index is 12.2. The van der Waals surface area contributed by atoms with Crippen molar-refractivity contribution in [1.82, 2.24) is 4.98 Å². The van der Waals surface area contributed by atoms with Gasteiger partial charge in [-0.3, -0.25) is 9.88 Å². The monoisotopic (exact) mass is 450 g/mol. The third-order valence-electron chi connectivity index (χ3n) is 6.54. The number of fused-ring (bicyclic) bond motifs is 1. The van der Waals surface area contributed by atoms with Crippen LogP contribution >= 0.6 is 0 Å². The molecule has 3 aromatic rings. The highest BCUT2D eigenvalue weighted by Gasteiger charge is 2.28. The molecule has 1 saturated carbocycles. The van der Waals surface area contributed by atoms with Crippen molar-refractivity contribution < 1.29 is 24.1 Å². The Hall–Kier alpha value is -3.48. The largest absolute Gasteiger partial charge is 0.493 e.